The Kier molecular flexibility index (Phi) is 5.12. The standard InChI is InChI=1S/C21H22ClN5/c1-16-14-20(25-21(23-16)24-18-7-5-6-17(22)15-18)27-12-10-26(11-13-27)19-8-3-2-4-9-19/h2-9,14-15H,10-13H2,1H3,(H,23,24,25). The number of aromatic nitrogens is 2. The van der Waals surface area contributed by atoms with Gasteiger partial charge in [-0.15, -0.1) is 0 Å². The molecule has 0 amide bonds. The predicted molar refractivity (Wildman–Crippen MR) is 112 cm³/mol. The van der Waals surface area contributed by atoms with Crippen LogP contribution in [0.4, 0.5) is 23.1 Å². The summed E-state index contributed by atoms with van der Waals surface area (Å²) >= 11 is 6.07. The number of benzene rings is 2. The largest absolute Gasteiger partial charge is 0.368 e. The fourth-order valence-corrected chi connectivity index (χ4v) is 3.49. The minimum absolute atomic E-state index is 0.595. The monoisotopic (exact) mass is 379 g/mol. The maximum atomic E-state index is 6.07. The van der Waals surface area contributed by atoms with Crippen molar-refractivity contribution in [2.24, 2.45) is 0 Å². The lowest BCUT2D eigenvalue weighted by atomic mass is 10.2. The summed E-state index contributed by atoms with van der Waals surface area (Å²) in [6, 6.07) is 20.2. The molecule has 138 valence electrons. The van der Waals surface area contributed by atoms with Crippen LogP contribution in [0.1, 0.15) is 5.69 Å². The number of rotatable bonds is 4. The number of hydrogen-bond acceptors (Lipinski definition) is 5. The Morgan fingerprint density at radius 1 is 0.852 bits per heavy atom. The number of para-hydroxylation sites is 1. The first-order valence-corrected chi connectivity index (χ1v) is 9.48. The number of piperazine rings is 1. The highest BCUT2D eigenvalue weighted by Gasteiger charge is 2.19. The Morgan fingerprint density at radius 3 is 2.33 bits per heavy atom. The summed E-state index contributed by atoms with van der Waals surface area (Å²) in [6.45, 7) is 5.81. The van der Waals surface area contributed by atoms with Gasteiger partial charge in [-0.2, -0.15) is 4.98 Å². The van der Waals surface area contributed by atoms with E-state index in [1.165, 1.54) is 5.69 Å². The predicted octanol–water partition coefficient (Wildman–Crippen LogP) is 4.51. The first kappa shape index (κ1) is 17.6. The Bertz CT molecular complexity index is 907. The molecule has 1 N–H and O–H groups in total. The van der Waals surface area contributed by atoms with Crippen LogP contribution in [-0.2, 0) is 0 Å². The molecule has 6 heteroatoms. The summed E-state index contributed by atoms with van der Waals surface area (Å²) in [7, 11) is 0. The zero-order chi connectivity index (χ0) is 18.6. The van der Waals surface area contributed by atoms with E-state index in [1.54, 1.807) is 0 Å². The molecule has 5 nitrogen and oxygen atoms in total. The van der Waals surface area contributed by atoms with Gasteiger partial charge in [0.1, 0.15) is 5.82 Å². The van der Waals surface area contributed by atoms with Gasteiger partial charge in [0.05, 0.1) is 0 Å². The summed E-state index contributed by atoms with van der Waals surface area (Å²) in [5.74, 6) is 1.55. The van der Waals surface area contributed by atoms with Crippen molar-refractivity contribution >= 4 is 34.7 Å². The highest BCUT2D eigenvalue weighted by molar-refractivity contribution is 6.30. The molecule has 0 aliphatic carbocycles. The lowest BCUT2D eigenvalue weighted by molar-refractivity contribution is 0.647. The van der Waals surface area contributed by atoms with Gasteiger partial charge >= 0.3 is 0 Å². The van der Waals surface area contributed by atoms with Crippen LogP contribution < -0.4 is 15.1 Å². The van der Waals surface area contributed by atoms with Crippen molar-refractivity contribution in [3.05, 3.63) is 71.4 Å². The molecule has 2 aromatic carbocycles. The van der Waals surface area contributed by atoms with Crippen molar-refractivity contribution in [1.29, 1.82) is 0 Å². The molecule has 0 saturated carbocycles. The van der Waals surface area contributed by atoms with E-state index < -0.39 is 0 Å². The minimum Gasteiger partial charge on any atom is -0.368 e. The summed E-state index contributed by atoms with van der Waals surface area (Å²) in [5, 5.41) is 3.94. The van der Waals surface area contributed by atoms with Crippen molar-refractivity contribution < 1.29 is 0 Å². The smallest absolute Gasteiger partial charge is 0.229 e. The number of nitrogens with zero attached hydrogens (tertiary/aromatic N) is 4. The first-order chi connectivity index (χ1) is 13.2. The van der Waals surface area contributed by atoms with Crippen LogP contribution in [-0.4, -0.2) is 36.1 Å². The normalized spacial score (nSPS) is 14.3. The van der Waals surface area contributed by atoms with E-state index in [9.17, 15) is 0 Å². The highest BCUT2D eigenvalue weighted by Crippen LogP contribution is 2.23. The van der Waals surface area contributed by atoms with E-state index in [0.717, 1.165) is 43.4 Å². The second kappa shape index (κ2) is 7.84. The van der Waals surface area contributed by atoms with Gasteiger partial charge in [0.25, 0.3) is 0 Å². The third-order valence-corrected chi connectivity index (χ3v) is 4.88. The Labute approximate surface area is 164 Å². The maximum absolute atomic E-state index is 6.07. The van der Waals surface area contributed by atoms with Crippen LogP contribution in [0.5, 0.6) is 0 Å². The van der Waals surface area contributed by atoms with Gasteiger partial charge in [-0.25, -0.2) is 4.98 Å². The number of halogens is 1. The minimum atomic E-state index is 0.595. The molecule has 1 aliphatic rings. The average molecular weight is 380 g/mol. The molecule has 0 atom stereocenters. The molecule has 1 saturated heterocycles. The quantitative estimate of drug-likeness (QED) is 0.722. The van der Waals surface area contributed by atoms with Gasteiger partial charge in [0.15, 0.2) is 0 Å². The van der Waals surface area contributed by atoms with E-state index >= 15 is 0 Å². The number of hydrogen-bond donors (Lipinski definition) is 1. The lowest BCUT2D eigenvalue weighted by Gasteiger charge is -2.36. The van der Waals surface area contributed by atoms with Gasteiger partial charge in [0.2, 0.25) is 5.95 Å². The van der Waals surface area contributed by atoms with Gasteiger partial charge < -0.3 is 15.1 Å². The number of aryl methyl sites for hydroxylation is 1. The van der Waals surface area contributed by atoms with E-state index in [4.69, 9.17) is 16.6 Å². The number of nitrogens with one attached hydrogen (secondary N) is 1. The third kappa shape index (κ3) is 4.31. The zero-order valence-electron chi connectivity index (χ0n) is 15.3. The van der Waals surface area contributed by atoms with E-state index in [1.807, 2.05) is 37.3 Å². The fourth-order valence-electron chi connectivity index (χ4n) is 3.30. The first-order valence-electron chi connectivity index (χ1n) is 9.10. The van der Waals surface area contributed by atoms with Crippen molar-refractivity contribution in [1.82, 2.24) is 9.97 Å². The molecule has 4 rings (SSSR count). The van der Waals surface area contributed by atoms with E-state index in [-0.39, 0.29) is 0 Å². The fraction of sp³-hybridized carbons (Fsp3) is 0.238. The Hall–Kier alpha value is -2.79. The topological polar surface area (TPSA) is 44.3 Å². The molecule has 0 radical (unpaired) electrons. The Balaban J connectivity index is 1.47. The summed E-state index contributed by atoms with van der Waals surface area (Å²) in [5.41, 5.74) is 3.10. The molecular weight excluding hydrogens is 358 g/mol. The van der Waals surface area contributed by atoms with Gasteiger partial charge in [-0.05, 0) is 37.3 Å². The summed E-state index contributed by atoms with van der Waals surface area (Å²) in [6.07, 6.45) is 0. The molecule has 0 unspecified atom stereocenters. The van der Waals surface area contributed by atoms with Crippen LogP contribution in [0.25, 0.3) is 0 Å². The molecular formula is C21H22ClN5. The van der Waals surface area contributed by atoms with Gasteiger partial charge in [-0.1, -0.05) is 35.9 Å². The van der Waals surface area contributed by atoms with Gasteiger partial charge in [-0.3, -0.25) is 0 Å². The average Bonchev–Trinajstić information content (AvgIpc) is 2.68. The third-order valence-electron chi connectivity index (χ3n) is 4.65. The molecule has 0 bridgehead atoms. The van der Waals surface area contributed by atoms with Crippen LogP contribution in [0.2, 0.25) is 5.02 Å². The maximum Gasteiger partial charge on any atom is 0.229 e. The van der Waals surface area contributed by atoms with Crippen molar-refractivity contribution in [3.63, 3.8) is 0 Å². The molecule has 1 fully saturated rings. The second-order valence-corrected chi connectivity index (χ2v) is 7.07. The van der Waals surface area contributed by atoms with E-state index in [2.05, 4.69) is 50.4 Å². The molecule has 2 heterocycles. The highest BCUT2D eigenvalue weighted by atomic mass is 35.5. The lowest BCUT2D eigenvalue weighted by Crippen LogP contribution is -2.46. The second-order valence-electron chi connectivity index (χ2n) is 6.64. The van der Waals surface area contributed by atoms with E-state index in [0.29, 0.717) is 11.0 Å². The molecule has 1 aromatic heterocycles. The summed E-state index contributed by atoms with van der Waals surface area (Å²) < 4.78 is 0. The molecule has 3 aromatic rings. The SMILES string of the molecule is Cc1cc(N2CCN(c3ccccc3)CC2)nc(Nc2cccc(Cl)c2)n1. The van der Waals surface area contributed by atoms with Crippen molar-refractivity contribution in [2.45, 2.75) is 6.92 Å². The summed E-state index contributed by atoms with van der Waals surface area (Å²) in [4.78, 5) is 14.0. The van der Waals surface area contributed by atoms with Gasteiger partial charge in [0, 0.05) is 54.3 Å². The van der Waals surface area contributed by atoms with Crippen molar-refractivity contribution in [3.8, 4) is 0 Å². The van der Waals surface area contributed by atoms with Crippen LogP contribution in [0.3, 0.4) is 0 Å². The van der Waals surface area contributed by atoms with Crippen LogP contribution >= 0.6 is 11.6 Å². The Morgan fingerprint density at radius 2 is 1.59 bits per heavy atom. The number of anilines is 4. The molecule has 1 aliphatic heterocycles. The van der Waals surface area contributed by atoms with Crippen LogP contribution in [0, 0.1) is 6.92 Å². The molecule has 0 spiro atoms. The zero-order valence-corrected chi connectivity index (χ0v) is 16.0. The molecule has 27 heavy (non-hydrogen) atoms. The van der Waals surface area contributed by atoms with Crippen molar-refractivity contribution in [2.75, 3.05) is 41.3 Å². The van der Waals surface area contributed by atoms with Crippen LogP contribution in [0.15, 0.2) is 60.7 Å².